The van der Waals surface area contributed by atoms with Crippen LogP contribution in [-0.2, 0) is 0 Å². The van der Waals surface area contributed by atoms with Crippen molar-refractivity contribution in [1.29, 1.82) is 5.26 Å². The Hall–Kier alpha value is -1.58. The number of hydrogen-bond acceptors (Lipinski definition) is 3. The minimum atomic E-state index is -0.600. The number of rotatable bonds is 3. The summed E-state index contributed by atoms with van der Waals surface area (Å²) in [5, 5.41) is 12.0. The van der Waals surface area contributed by atoms with E-state index in [1.54, 1.807) is 18.2 Å². The molecule has 0 bridgehead atoms. The number of halogens is 3. The molecule has 20 heavy (non-hydrogen) atoms. The van der Waals surface area contributed by atoms with E-state index in [9.17, 15) is 14.0 Å². The maximum absolute atomic E-state index is 13.8. The Labute approximate surface area is 127 Å². The van der Waals surface area contributed by atoms with Gasteiger partial charge in [-0.1, -0.05) is 6.07 Å². The fraction of sp³-hybridized carbons (Fsp3) is 0.0714. The predicted octanol–water partition coefficient (Wildman–Crippen LogP) is 5.06. The first-order valence-corrected chi connectivity index (χ1v) is 7.57. The Kier molecular flexibility index (Phi) is 4.63. The molecule has 102 valence electrons. The van der Waals surface area contributed by atoms with Gasteiger partial charge in [0.05, 0.1) is 21.4 Å². The normalized spacial score (nSPS) is 10.2. The monoisotopic (exact) mass is 354 g/mol. The maximum Gasteiger partial charge on any atom is 0.147 e. The van der Waals surface area contributed by atoms with E-state index < -0.39 is 11.6 Å². The van der Waals surface area contributed by atoms with Crippen molar-refractivity contribution in [2.45, 2.75) is 4.90 Å². The van der Waals surface area contributed by atoms with Gasteiger partial charge in [0.25, 0.3) is 0 Å². The molecule has 0 atom stereocenters. The zero-order valence-electron chi connectivity index (χ0n) is 10.4. The summed E-state index contributed by atoms with van der Waals surface area (Å²) in [5.74, 6) is -1.18. The predicted molar refractivity (Wildman–Crippen MR) is 80.3 cm³/mol. The van der Waals surface area contributed by atoms with Gasteiger partial charge in [0.1, 0.15) is 17.7 Å². The Morgan fingerprint density at radius 3 is 2.60 bits per heavy atom. The number of nitrogens with one attached hydrogen (secondary N) is 1. The Bertz CT molecular complexity index is 698. The van der Waals surface area contributed by atoms with Gasteiger partial charge < -0.3 is 5.32 Å². The molecular weight excluding hydrogens is 346 g/mol. The number of nitrogens with zero attached hydrogens (tertiary/aromatic N) is 1. The molecular formula is C14H9BrF2N2S. The van der Waals surface area contributed by atoms with Crippen LogP contribution in [0.1, 0.15) is 5.56 Å². The van der Waals surface area contributed by atoms with Crippen LogP contribution in [-0.4, -0.2) is 6.26 Å². The van der Waals surface area contributed by atoms with Crippen molar-refractivity contribution in [2.75, 3.05) is 11.6 Å². The second-order valence-electron chi connectivity index (χ2n) is 3.87. The fourth-order valence-corrected chi connectivity index (χ4v) is 2.57. The quantitative estimate of drug-likeness (QED) is 0.617. The summed E-state index contributed by atoms with van der Waals surface area (Å²) in [5.41, 5.74) is 0.836. The van der Waals surface area contributed by atoms with Gasteiger partial charge in [-0.2, -0.15) is 5.26 Å². The van der Waals surface area contributed by atoms with E-state index in [0.717, 1.165) is 17.0 Å². The molecule has 2 nitrogen and oxygen atoms in total. The van der Waals surface area contributed by atoms with Crippen molar-refractivity contribution >= 4 is 39.1 Å². The Morgan fingerprint density at radius 1 is 1.20 bits per heavy atom. The summed E-state index contributed by atoms with van der Waals surface area (Å²) >= 11 is 4.33. The molecule has 0 aliphatic rings. The molecule has 1 N–H and O–H groups in total. The zero-order valence-corrected chi connectivity index (χ0v) is 12.8. The average Bonchev–Trinajstić information content (AvgIpc) is 2.44. The molecule has 0 amide bonds. The summed E-state index contributed by atoms with van der Waals surface area (Å²) in [6.07, 6.45) is 1.85. The molecule has 0 heterocycles. The number of nitriles is 1. The van der Waals surface area contributed by atoms with Crippen molar-refractivity contribution in [3.8, 4) is 6.07 Å². The largest absolute Gasteiger partial charge is 0.352 e. The molecule has 0 radical (unpaired) electrons. The van der Waals surface area contributed by atoms with Gasteiger partial charge >= 0.3 is 0 Å². The highest BCUT2D eigenvalue weighted by Gasteiger charge is 2.12. The molecule has 2 aromatic rings. The van der Waals surface area contributed by atoms with Gasteiger partial charge in [0.15, 0.2) is 0 Å². The van der Waals surface area contributed by atoms with Crippen molar-refractivity contribution in [1.82, 2.24) is 0 Å². The summed E-state index contributed by atoms with van der Waals surface area (Å²) in [6.45, 7) is 0. The Morgan fingerprint density at radius 2 is 1.95 bits per heavy atom. The highest BCUT2D eigenvalue weighted by atomic mass is 79.9. The highest BCUT2D eigenvalue weighted by molar-refractivity contribution is 9.10. The van der Waals surface area contributed by atoms with Crippen molar-refractivity contribution in [3.63, 3.8) is 0 Å². The third-order valence-corrected chi connectivity index (χ3v) is 4.02. The van der Waals surface area contributed by atoms with E-state index >= 15 is 0 Å². The van der Waals surface area contributed by atoms with E-state index in [-0.39, 0.29) is 10.2 Å². The number of hydrogen-bond donors (Lipinski definition) is 1. The summed E-state index contributed by atoms with van der Waals surface area (Å²) < 4.78 is 27.3. The van der Waals surface area contributed by atoms with Crippen LogP contribution in [0.2, 0.25) is 0 Å². The van der Waals surface area contributed by atoms with E-state index in [2.05, 4.69) is 27.3 Å². The SMILES string of the molecule is CSc1cccc(Nc2cc(F)c(Br)cc2F)c1C#N. The lowest BCUT2D eigenvalue weighted by atomic mass is 10.2. The van der Waals surface area contributed by atoms with Crippen molar-refractivity contribution in [3.05, 3.63) is 52.0 Å². The molecule has 2 aromatic carbocycles. The van der Waals surface area contributed by atoms with Crippen molar-refractivity contribution < 1.29 is 8.78 Å². The topological polar surface area (TPSA) is 35.8 Å². The van der Waals surface area contributed by atoms with Crippen LogP contribution in [0.15, 0.2) is 39.7 Å². The molecule has 0 saturated heterocycles. The summed E-state index contributed by atoms with van der Waals surface area (Å²) in [6, 6.07) is 9.36. The van der Waals surface area contributed by atoms with Gasteiger partial charge in [0, 0.05) is 11.0 Å². The lowest BCUT2D eigenvalue weighted by Gasteiger charge is -2.12. The molecule has 0 spiro atoms. The van der Waals surface area contributed by atoms with Gasteiger partial charge in [-0.25, -0.2) is 8.78 Å². The lowest BCUT2D eigenvalue weighted by Crippen LogP contribution is -1.98. The average molecular weight is 355 g/mol. The number of thioether (sulfide) groups is 1. The van der Waals surface area contributed by atoms with Crippen LogP contribution in [0.4, 0.5) is 20.2 Å². The van der Waals surface area contributed by atoms with Crippen LogP contribution in [0.25, 0.3) is 0 Å². The third-order valence-electron chi connectivity index (χ3n) is 2.64. The molecule has 2 rings (SSSR count). The van der Waals surface area contributed by atoms with Gasteiger partial charge in [-0.3, -0.25) is 0 Å². The van der Waals surface area contributed by atoms with Crippen LogP contribution in [0, 0.1) is 23.0 Å². The smallest absolute Gasteiger partial charge is 0.147 e. The summed E-state index contributed by atoms with van der Waals surface area (Å²) in [7, 11) is 0. The first kappa shape index (κ1) is 14.8. The van der Waals surface area contributed by atoms with E-state index in [4.69, 9.17) is 0 Å². The third kappa shape index (κ3) is 2.94. The van der Waals surface area contributed by atoms with Crippen LogP contribution in [0.3, 0.4) is 0 Å². The highest BCUT2D eigenvalue weighted by Crippen LogP contribution is 2.31. The van der Waals surface area contributed by atoms with E-state index in [1.807, 2.05) is 6.26 Å². The Balaban J connectivity index is 2.46. The number of benzene rings is 2. The lowest BCUT2D eigenvalue weighted by molar-refractivity contribution is 0.598. The standard InChI is InChI=1S/C14H9BrF2N2S/c1-20-14-4-2-3-12(8(14)7-18)19-13-6-10(16)9(15)5-11(13)17/h2-6,19H,1H3. The van der Waals surface area contributed by atoms with Crippen molar-refractivity contribution in [2.24, 2.45) is 0 Å². The first-order valence-electron chi connectivity index (χ1n) is 5.55. The fourth-order valence-electron chi connectivity index (χ4n) is 1.68. The molecule has 0 saturated carbocycles. The maximum atomic E-state index is 13.8. The molecule has 0 fully saturated rings. The summed E-state index contributed by atoms with van der Waals surface area (Å²) in [4.78, 5) is 0.774. The zero-order chi connectivity index (χ0) is 14.7. The molecule has 0 aliphatic carbocycles. The van der Waals surface area contributed by atoms with Gasteiger partial charge in [0.2, 0.25) is 0 Å². The second kappa shape index (κ2) is 6.25. The minimum absolute atomic E-state index is 0.0135. The molecule has 0 aliphatic heterocycles. The molecule has 0 unspecified atom stereocenters. The second-order valence-corrected chi connectivity index (χ2v) is 5.57. The van der Waals surface area contributed by atoms with Gasteiger partial charge in [-0.05, 0) is 40.4 Å². The van der Waals surface area contributed by atoms with Crippen LogP contribution < -0.4 is 5.32 Å². The minimum Gasteiger partial charge on any atom is -0.352 e. The van der Waals surface area contributed by atoms with Crippen LogP contribution in [0.5, 0.6) is 0 Å². The van der Waals surface area contributed by atoms with E-state index in [1.165, 1.54) is 11.8 Å². The van der Waals surface area contributed by atoms with Gasteiger partial charge in [-0.15, -0.1) is 11.8 Å². The molecule has 0 aromatic heterocycles. The van der Waals surface area contributed by atoms with Crippen LogP contribution >= 0.6 is 27.7 Å². The van der Waals surface area contributed by atoms with E-state index in [0.29, 0.717) is 11.3 Å². The molecule has 6 heteroatoms. The number of anilines is 2. The first-order chi connectivity index (χ1) is 9.56.